The van der Waals surface area contributed by atoms with Crippen LogP contribution < -0.4 is 10.6 Å². The number of amides is 1. The summed E-state index contributed by atoms with van der Waals surface area (Å²) in [7, 11) is -3.25. The molecule has 0 radical (unpaired) electrons. The first-order valence-electron chi connectivity index (χ1n) is 7.29. The van der Waals surface area contributed by atoms with Crippen LogP contribution in [0, 0.1) is 5.92 Å². The molecule has 5 nitrogen and oxygen atoms in total. The molecular weight excluding hydrogens is 288 g/mol. The highest BCUT2D eigenvalue weighted by molar-refractivity contribution is 7.91. The molecule has 0 saturated carbocycles. The molecule has 0 spiro atoms. The number of para-hydroxylation sites is 1. The summed E-state index contributed by atoms with van der Waals surface area (Å²) in [5, 5.41) is 0. The van der Waals surface area contributed by atoms with Gasteiger partial charge in [-0.15, -0.1) is 0 Å². The Bertz CT molecular complexity index is 613. The van der Waals surface area contributed by atoms with E-state index in [0.29, 0.717) is 17.9 Å². The molecule has 1 aliphatic rings. The lowest BCUT2D eigenvalue weighted by atomic mass is 9.94. The Hall–Kier alpha value is -1.56. The summed E-state index contributed by atoms with van der Waals surface area (Å²) in [5.41, 5.74) is 6.02. The van der Waals surface area contributed by atoms with E-state index in [0.717, 1.165) is 25.1 Å². The van der Waals surface area contributed by atoms with Gasteiger partial charge in [-0.3, -0.25) is 4.79 Å². The predicted molar refractivity (Wildman–Crippen MR) is 82.9 cm³/mol. The van der Waals surface area contributed by atoms with E-state index in [1.54, 1.807) is 19.1 Å². The molecule has 1 saturated heterocycles. The van der Waals surface area contributed by atoms with E-state index in [-0.39, 0.29) is 17.6 Å². The van der Waals surface area contributed by atoms with Crippen molar-refractivity contribution < 1.29 is 13.2 Å². The Balaban J connectivity index is 2.28. The number of piperidine rings is 1. The van der Waals surface area contributed by atoms with Crippen LogP contribution in [0.15, 0.2) is 29.2 Å². The minimum atomic E-state index is -3.25. The number of rotatable bonds is 5. The molecule has 0 bridgehead atoms. The summed E-state index contributed by atoms with van der Waals surface area (Å²) in [4.78, 5) is 13.5. The number of carbonyl (C=O) groups is 1. The second-order valence-corrected chi connectivity index (χ2v) is 7.74. The Labute approximate surface area is 126 Å². The average molecular weight is 310 g/mol. The van der Waals surface area contributed by atoms with Crippen molar-refractivity contribution in [2.45, 2.75) is 31.1 Å². The normalized spacial score (nSPS) is 19.5. The number of nitrogens with two attached hydrogens (primary N) is 1. The van der Waals surface area contributed by atoms with Crippen LogP contribution in [0.4, 0.5) is 5.69 Å². The molecule has 6 heteroatoms. The molecule has 1 unspecified atom stereocenters. The SMILES string of the molecule is CCS(=O)(=O)c1ccccc1N1CCCC(CC(N)=O)C1. The van der Waals surface area contributed by atoms with Crippen LogP contribution in [-0.2, 0) is 14.6 Å². The fourth-order valence-corrected chi connectivity index (χ4v) is 3.98. The zero-order chi connectivity index (χ0) is 15.5. The third kappa shape index (κ3) is 3.75. The van der Waals surface area contributed by atoms with Gasteiger partial charge in [-0.25, -0.2) is 8.42 Å². The molecule has 1 fully saturated rings. The molecule has 2 rings (SSSR count). The predicted octanol–water partition coefficient (Wildman–Crippen LogP) is 1.57. The highest BCUT2D eigenvalue weighted by atomic mass is 32.2. The number of nitrogens with zero attached hydrogens (tertiary/aromatic N) is 1. The zero-order valence-electron chi connectivity index (χ0n) is 12.3. The molecule has 2 N–H and O–H groups in total. The molecule has 1 amide bonds. The quantitative estimate of drug-likeness (QED) is 0.895. The van der Waals surface area contributed by atoms with E-state index < -0.39 is 9.84 Å². The lowest BCUT2D eigenvalue weighted by molar-refractivity contribution is -0.118. The molecule has 1 atom stereocenters. The topological polar surface area (TPSA) is 80.5 Å². The molecule has 21 heavy (non-hydrogen) atoms. The first-order valence-corrected chi connectivity index (χ1v) is 8.94. The van der Waals surface area contributed by atoms with Crippen molar-refractivity contribution >= 4 is 21.4 Å². The lowest BCUT2D eigenvalue weighted by Crippen LogP contribution is -2.37. The maximum atomic E-state index is 12.2. The second-order valence-electron chi connectivity index (χ2n) is 5.50. The van der Waals surface area contributed by atoms with Gasteiger partial charge in [-0.1, -0.05) is 19.1 Å². The van der Waals surface area contributed by atoms with Crippen LogP contribution in [0.25, 0.3) is 0 Å². The van der Waals surface area contributed by atoms with Gasteiger partial charge in [-0.05, 0) is 30.9 Å². The molecular formula is C15H22N2O3S. The van der Waals surface area contributed by atoms with E-state index in [1.165, 1.54) is 0 Å². The van der Waals surface area contributed by atoms with Gasteiger partial charge < -0.3 is 10.6 Å². The van der Waals surface area contributed by atoms with Crippen LogP contribution in [-0.4, -0.2) is 33.2 Å². The van der Waals surface area contributed by atoms with Crippen molar-refractivity contribution in [3.63, 3.8) is 0 Å². The largest absolute Gasteiger partial charge is 0.370 e. The Morgan fingerprint density at radius 3 is 2.76 bits per heavy atom. The van der Waals surface area contributed by atoms with Gasteiger partial charge in [0.25, 0.3) is 0 Å². The number of anilines is 1. The van der Waals surface area contributed by atoms with Crippen molar-refractivity contribution in [3.05, 3.63) is 24.3 Å². The third-order valence-electron chi connectivity index (χ3n) is 3.93. The first kappa shape index (κ1) is 15.8. The summed E-state index contributed by atoms with van der Waals surface area (Å²) in [5.74, 6) is -0.00676. The van der Waals surface area contributed by atoms with Gasteiger partial charge >= 0.3 is 0 Å². The smallest absolute Gasteiger partial charge is 0.217 e. The van der Waals surface area contributed by atoms with E-state index in [4.69, 9.17) is 5.73 Å². The number of hydrogen-bond acceptors (Lipinski definition) is 4. The maximum absolute atomic E-state index is 12.2. The van der Waals surface area contributed by atoms with E-state index in [2.05, 4.69) is 4.90 Å². The molecule has 1 aromatic carbocycles. The minimum absolute atomic E-state index is 0.0859. The summed E-state index contributed by atoms with van der Waals surface area (Å²) in [6.07, 6.45) is 2.26. The lowest BCUT2D eigenvalue weighted by Gasteiger charge is -2.35. The van der Waals surface area contributed by atoms with Crippen LogP contribution in [0.3, 0.4) is 0 Å². The summed E-state index contributed by atoms with van der Waals surface area (Å²) >= 11 is 0. The van der Waals surface area contributed by atoms with E-state index in [9.17, 15) is 13.2 Å². The third-order valence-corrected chi connectivity index (χ3v) is 5.71. The Kier molecular flexibility index (Phi) is 4.88. The van der Waals surface area contributed by atoms with Crippen LogP contribution in [0.5, 0.6) is 0 Å². The highest BCUT2D eigenvalue weighted by Crippen LogP contribution is 2.30. The molecule has 0 aromatic heterocycles. The van der Waals surface area contributed by atoms with Gasteiger partial charge in [0.15, 0.2) is 9.84 Å². The van der Waals surface area contributed by atoms with Gasteiger partial charge in [0.05, 0.1) is 16.3 Å². The van der Waals surface area contributed by atoms with Gasteiger partial charge in [-0.2, -0.15) is 0 Å². The van der Waals surface area contributed by atoms with Crippen molar-refractivity contribution in [1.29, 1.82) is 0 Å². The molecule has 116 valence electrons. The molecule has 1 aliphatic heterocycles. The van der Waals surface area contributed by atoms with Crippen molar-refractivity contribution in [2.75, 3.05) is 23.7 Å². The maximum Gasteiger partial charge on any atom is 0.217 e. The van der Waals surface area contributed by atoms with E-state index in [1.807, 2.05) is 12.1 Å². The van der Waals surface area contributed by atoms with Crippen LogP contribution in [0.1, 0.15) is 26.2 Å². The van der Waals surface area contributed by atoms with E-state index >= 15 is 0 Å². The molecule has 0 aliphatic carbocycles. The minimum Gasteiger partial charge on any atom is -0.370 e. The number of carbonyl (C=O) groups excluding carboxylic acids is 1. The number of primary amides is 1. The first-order chi connectivity index (χ1) is 9.94. The summed E-state index contributed by atoms with van der Waals surface area (Å²) in [6.45, 7) is 3.14. The number of benzene rings is 1. The monoisotopic (exact) mass is 310 g/mol. The van der Waals surface area contributed by atoms with Gasteiger partial charge in [0.1, 0.15) is 0 Å². The Morgan fingerprint density at radius 2 is 2.10 bits per heavy atom. The molecule has 1 heterocycles. The number of hydrogen-bond donors (Lipinski definition) is 1. The van der Waals surface area contributed by atoms with Gasteiger partial charge in [0.2, 0.25) is 5.91 Å². The standard InChI is InChI=1S/C15H22N2O3S/c1-2-21(19,20)14-8-4-3-7-13(14)17-9-5-6-12(11-17)10-15(16)18/h3-4,7-8,12H,2,5-6,9-11H2,1H3,(H2,16,18). The van der Waals surface area contributed by atoms with Crippen molar-refractivity contribution in [1.82, 2.24) is 0 Å². The van der Waals surface area contributed by atoms with Crippen LogP contribution in [0.2, 0.25) is 0 Å². The molecule has 1 aromatic rings. The number of sulfone groups is 1. The fraction of sp³-hybridized carbons (Fsp3) is 0.533. The van der Waals surface area contributed by atoms with Crippen molar-refractivity contribution in [3.8, 4) is 0 Å². The summed E-state index contributed by atoms with van der Waals surface area (Å²) < 4.78 is 24.4. The summed E-state index contributed by atoms with van der Waals surface area (Å²) in [6, 6.07) is 7.10. The average Bonchev–Trinajstić information content (AvgIpc) is 2.47. The van der Waals surface area contributed by atoms with Crippen molar-refractivity contribution in [2.24, 2.45) is 11.7 Å². The van der Waals surface area contributed by atoms with Crippen LogP contribution >= 0.6 is 0 Å². The fourth-order valence-electron chi connectivity index (χ4n) is 2.87. The second kappa shape index (κ2) is 6.47. The Morgan fingerprint density at radius 1 is 1.38 bits per heavy atom. The zero-order valence-corrected chi connectivity index (χ0v) is 13.1. The highest BCUT2D eigenvalue weighted by Gasteiger charge is 2.25. The van der Waals surface area contributed by atoms with Gasteiger partial charge in [0, 0.05) is 19.5 Å².